The number of carbonyl (C=O) groups is 1. The van der Waals surface area contributed by atoms with Crippen molar-refractivity contribution in [2.24, 2.45) is 0 Å². The molecule has 7 nitrogen and oxygen atoms in total. The molecule has 2 heterocycles. The molecule has 1 aliphatic carbocycles. The van der Waals surface area contributed by atoms with Crippen molar-refractivity contribution in [2.45, 2.75) is 31.7 Å². The van der Waals surface area contributed by atoms with Gasteiger partial charge in [-0.05, 0) is 55.3 Å². The summed E-state index contributed by atoms with van der Waals surface area (Å²) in [6.45, 7) is 0. The number of anilines is 2. The number of hydrogen-bond donors (Lipinski definition) is 2. The van der Waals surface area contributed by atoms with Gasteiger partial charge in [0.2, 0.25) is 0 Å². The Morgan fingerprint density at radius 1 is 1.10 bits per heavy atom. The number of hydrogen-bond acceptors (Lipinski definition) is 5. The molecule has 0 unspecified atom stereocenters. The number of fused-ring (bicyclic) bond motifs is 1. The van der Waals surface area contributed by atoms with E-state index in [-0.39, 0.29) is 12.1 Å². The smallest absolute Gasteiger partial charge is 0.342 e. The van der Waals surface area contributed by atoms with Crippen LogP contribution >= 0.6 is 11.6 Å². The molecule has 1 fully saturated rings. The van der Waals surface area contributed by atoms with E-state index in [1.54, 1.807) is 24.5 Å². The number of amides is 1. The Morgan fingerprint density at radius 2 is 1.90 bits per heavy atom. The van der Waals surface area contributed by atoms with Gasteiger partial charge in [0.1, 0.15) is 0 Å². The third-order valence-electron chi connectivity index (χ3n) is 5.33. The monoisotopic (exact) mass is 421 g/mol. The number of oxazole rings is 1. The van der Waals surface area contributed by atoms with Gasteiger partial charge >= 0.3 is 6.03 Å². The molecule has 1 amide bonds. The summed E-state index contributed by atoms with van der Waals surface area (Å²) in [5, 5.41) is 12.0. The van der Waals surface area contributed by atoms with E-state index in [4.69, 9.17) is 16.0 Å². The molecule has 2 aromatic heterocycles. The number of halogens is 1. The van der Waals surface area contributed by atoms with Gasteiger partial charge in [-0.1, -0.05) is 24.4 Å². The first-order valence-electron chi connectivity index (χ1n) is 9.93. The van der Waals surface area contributed by atoms with E-state index in [0.717, 1.165) is 35.0 Å². The lowest BCUT2D eigenvalue weighted by atomic mass is 10.2. The van der Waals surface area contributed by atoms with Crippen LogP contribution in [0.2, 0.25) is 5.02 Å². The lowest BCUT2D eigenvalue weighted by molar-refractivity contribution is 0.237. The van der Waals surface area contributed by atoms with Gasteiger partial charge < -0.3 is 15.1 Å². The number of rotatable bonds is 4. The maximum Gasteiger partial charge on any atom is 0.342 e. The van der Waals surface area contributed by atoms with Crippen molar-refractivity contribution in [2.75, 3.05) is 5.32 Å². The highest BCUT2D eigenvalue weighted by molar-refractivity contribution is 6.30. The second kappa shape index (κ2) is 7.84. The minimum absolute atomic E-state index is 0.182. The number of carbonyl (C=O) groups excluding carboxylic acids is 1. The molecule has 0 radical (unpaired) electrons. The molecule has 8 heteroatoms. The van der Waals surface area contributed by atoms with Gasteiger partial charge in [0.25, 0.3) is 6.01 Å². The largest absolute Gasteiger partial charge is 0.423 e. The first kappa shape index (κ1) is 18.7. The van der Waals surface area contributed by atoms with Gasteiger partial charge in [-0.25, -0.2) is 9.78 Å². The van der Waals surface area contributed by atoms with Crippen LogP contribution in [0.25, 0.3) is 22.2 Å². The summed E-state index contributed by atoms with van der Waals surface area (Å²) >= 11 is 5.93. The molecule has 152 valence electrons. The molecule has 30 heavy (non-hydrogen) atoms. The minimum Gasteiger partial charge on any atom is -0.423 e. The summed E-state index contributed by atoms with van der Waals surface area (Å²) in [6.07, 6.45) is 7.75. The van der Waals surface area contributed by atoms with Gasteiger partial charge in [0, 0.05) is 27.7 Å². The van der Waals surface area contributed by atoms with Crippen LogP contribution in [0.4, 0.5) is 16.5 Å². The van der Waals surface area contributed by atoms with Crippen LogP contribution in [0.5, 0.6) is 0 Å². The topological polar surface area (TPSA) is 85.0 Å². The Hall–Kier alpha value is -3.32. The average Bonchev–Trinajstić information content (AvgIpc) is 3.49. The fourth-order valence-corrected chi connectivity index (χ4v) is 3.91. The third-order valence-corrected chi connectivity index (χ3v) is 5.58. The molecule has 1 saturated carbocycles. The van der Waals surface area contributed by atoms with Gasteiger partial charge in [0.05, 0.1) is 17.9 Å². The van der Waals surface area contributed by atoms with Gasteiger partial charge in [-0.3, -0.25) is 0 Å². The molecule has 0 atom stereocenters. The number of nitrogens with one attached hydrogen (secondary N) is 2. The average molecular weight is 422 g/mol. The van der Waals surface area contributed by atoms with Crippen LogP contribution in [0, 0.1) is 0 Å². The van der Waals surface area contributed by atoms with Crippen molar-refractivity contribution in [3.8, 4) is 11.3 Å². The van der Waals surface area contributed by atoms with E-state index in [0.29, 0.717) is 16.8 Å². The molecule has 2 N–H and O–H groups in total. The van der Waals surface area contributed by atoms with Crippen molar-refractivity contribution in [1.82, 2.24) is 20.1 Å². The Labute approximate surface area is 178 Å². The first-order chi connectivity index (χ1) is 14.7. The molecule has 5 rings (SSSR count). The highest BCUT2D eigenvalue weighted by Gasteiger charge is 2.19. The summed E-state index contributed by atoms with van der Waals surface area (Å²) in [5.41, 5.74) is 2.44. The number of benzene rings is 2. The second-order valence-electron chi connectivity index (χ2n) is 7.42. The van der Waals surface area contributed by atoms with E-state index >= 15 is 0 Å². The van der Waals surface area contributed by atoms with Crippen LogP contribution in [0.15, 0.2) is 59.3 Å². The summed E-state index contributed by atoms with van der Waals surface area (Å²) in [5.74, 6) is 0.645. The van der Waals surface area contributed by atoms with E-state index in [1.807, 2.05) is 30.3 Å². The van der Waals surface area contributed by atoms with E-state index in [2.05, 4.69) is 20.7 Å². The van der Waals surface area contributed by atoms with E-state index in [9.17, 15) is 4.79 Å². The van der Waals surface area contributed by atoms with Crippen molar-refractivity contribution >= 4 is 40.2 Å². The molecule has 0 aliphatic heterocycles. The fraction of sp³-hybridized carbons (Fsp3) is 0.227. The Kier molecular flexibility index (Phi) is 4.88. The predicted octanol–water partition coefficient (Wildman–Crippen LogP) is 5.59. The fourth-order valence-electron chi connectivity index (χ4n) is 3.78. The molecule has 0 saturated heterocycles. The van der Waals surface area contributed by atoms with Crippen LogP contribution in [-0.2, 0) is 0 Å². The lowest BCUT2D eigenvalue weighted by Crippen LogP contribution is -2.36. The SMILES string of the molecule is O=C(NC1CCCC1)n1ncc2cc(Nc3ncc(-c4ccc(Cl)cc4)o3)ccc21. The highest BCUT2D eigenvalue weighted by Crippen LogP contribution is 2.27. The predicted molar refractivity (Wildman–Crippen MR) is 116 cm³/mol. The summed E-state index contributed by atoms with van der Waals surface area (Å²) in [7, 11) is 0. The molecule has 2 aromatic carbocycles. The maximum atomic E-state index is 12.6. The second-order valence-corrected chi connectivity index (χ2v) is 7.86. The van der Waals surface area contributed by atoms with Crippen LogP contribution in [0.3, 0.4) is 0 Å². The van der Waals surface area contributed by atoms with Crippen LogP contribution in [0.1, 0.15) is 25.7 Å². The zero-order valence-electron chi connectivity index (χ0n) is 16.1. The van der Waals surface area contributed by atoms with Gasteiger partial charge in [-0.15, -0.1) is 0 Å². The summed E-state index contributed by atoms with van der Waals surface area (Å²) in [6, 6.07) is 13.5. The zero-order chi connectivity index (χ0) is 20.5. The molecule has 0 spiro atoms. The first-order valence-corrected chi connectivity index (χ1v) is 10.3. The standard InChI is InChI=1S/C22H20ClN5O2/c23-16-7-5-14(6-8-16)20-13-24-21(30-20)26-18-9-10-19-15(11-18)12-25-28(19)22(29)27-17-3-1-2-4-17/h5-13,17H,1-4H2,(H,24,26)(H,27,29). The van der Waals surface area contributed by atoms with Crippen LogP contribution < -0.4 is 10.6 Å². The molecular weight excluding hydrogens is 402 g/mol. The highest BCUT2D eigenvalue weighted by atomic mass is 35.5. The van der Waals surface area contributed by atoms with E-state index in [1.165, 1.54) is 17.5 Å². The maximum absolute atomic E-state index is 12.6. The lowest BCUT2D eigenvalue weighted by Gasteiger charge is -2.12. The summed E-state index contributed by atoms with van der Waals surface area (Å²) < 4.78 is 7.21. The Balaban J connectivity index is 1.32. The van der Waals surface area contributed by atoms with Crippen LogP contribution in [-0.4, -0.2) is 26.8 Å². The number of aromatic nitrogens is 3. The van der Waals surface area contributed by atoms with Crippen molar-refractivity contribution in [1.29, 1.82) is 0 Å². The molecular formula is C22H20ClN5O2. The van der Waals surface area contributed by atoms with Gasteiger partial charge in [-0.2, -0.15) is 9.78 Å². The summed E-state index contributed by atoms with van der Waals surface area (Å²) in [4.78, 5) is 16.8. The normalized spacial score (nSPS) is 14.3. The molecule has 4 aromatic rings. The molecule has 1 aliphatic rings. The third kappa shape index (κ3) is 3.76. The Bertz CT molecular complexity index is 1190. The van der Waals surface area contributed by atoms with Gasteiger partial charge in [0.15, 0.2) is 5.76 Å². The molecule has 0 bridgehead atoms. The number of nitrogens with zero attached hydrogens (tertiary/aromatic N) is 3. The Morgan fingerprint density at radius 3 is 2.70 bits per heavy atom. The van der Waals surface area contributed by atoms with Crippen molar-refractivity contribution in [3.05, 3.63) is 59.9 Å². The van der Waals surface area contributed by atoms with Crippen molar-refractivity contribution < 1.29 is 9.21 Å². The van der Waals surface area contributed by atoms with E-state index < -0.39 is 0 Å². The minimum atomic E-state index is -0.182. The quantitative estimate of drug-likeness (QED) is 0.448. The zero-order valence-corrected chi connectivity index (χ0v) is 16.9. The van der Waals surface area contributed by atoms with Crippen molar-refractivity contribution in [3.63, 3.8) is 0 Å².